The third-order valence-corrected chi connectivity index (χ3v) is 6.13. The lowest BCUT2D eigenvalue weighted by molar-refractivity contribution is 0.565. The molecule has 2 aromatic rings. The highest BCUT2D eigenvalue weighted by atomic mass is 32.2. The van der Waals surface area contributed by atoms with E-state index in [0.717, 1.165) is 29.5 Å². The van der Waals surface area contributed by atoms with Crippen molar-refractivity contribution in [2.24, 2.45) is 0 Å². The van der Waals surface area contributed by atoms with E-state index in [1.165, 1.54) is 24.0 Å². The van der Waals surface area contributed by atoms with Crippen molar-refractivity contribution in [3.05, 3.63) is 70.3 Å². The fourth-order valence-electron chi connectivity index (χ4n) is 3.31. The van der Waals surface area contributed by atoms with Gasteiger partial charge in [0.15, 0.2) is 0 Å². The summed E-state index contributed by atoms with van der Waals surface area (Å²) in [5.74, 6) is 0.0164. The summed E-state index contributed by atoms with van der Waals surface area (Å²) in [7, 11) is -3.37. The zero-order valence-corrected chi connectivity index (χ0v) is 15.2. The van der Waals surface area contributed by atoms with Gasteiger partial charge in [0.25, 0.3) is 0 Å². The minimum absolute atomic E-state index is 0.0164. The van der Waals surface area contributed by atoms with E-state index < -0.39 is 10.0 Å². The van der Waals surface area contributed by atoms with E-state index >= 15 is 0 Å². The van der Waals surface area contributed by atoms with Crippen LogP contribution >= 0.6 is 0 Å². The molecule has 0 aromatic heterocycles. The maximum atomic E-state index is 12.4. The average molecular weight is 343 g/mol. The lowest BCUT2D eigenvalue weighted by atomic mass is 9.89. The summed E-state index contributed by atoms with van der Waals surface area (Å²) in [6.45, 7) is 3.91. The van der Waals surface area contributed by atoms with Crippen molar-refractivity contribution in [1.29, 1.82) is 0 Å². The molecule has 3 rings (SSSR count). The van der Waals surface area contributed by atoms with Crippen molar-refractivity contribution in [3.8, 4) is 0 Å². The quantitative estimate of drug-likeness (QED) is 0.890. The van der Waals surface area contributed by atoms with E-state index in [-0.39, 0.29) is 11.8 Å². The average Bonchev–Trinajstić information content (AvgIpc) is 2.56. The van der Waals surface area contributed by atoms with Crippen LogP contribution in [0.5, 0.6) is 0 Å². The summed E-state index contributed by atoms with van der Waals surface area (Å²) in [4.78, 5) is 0. The monoisotopic (exact) mass is 343 g/mol. The lowest BCUT2D eigenvalue weighted by Gasteiger charge is -2.20. The van der Waals surface area contributed by atoms with Crippen molar-refractivity contribution in [3.63, 3.8) is 0 Å². The molecule has 24 heavy (non-hydrogen) atoms. The van der Waals surface area contributed by atoms with Crippen molar-refractivity contribution in [2.75, 3.05) is 0 Å². The smallest absolute Gasteiger partial charge is 0.212 e. The van der Waals surface area contributed by atoms with Gasteiger partial charge in [0.1, 0.15) is 0 Å². The molecular weight excluding hydrogens is 318 g/mol. The van der Waals surface area contributed by atoms with Crippen molar-refractivity contribution in [1.82, 2.24) is 4.72 Å². The predicted octanol–water partition coefficient (Wildman–Crippen LogP) is 4.05. The lowest BCUT2D eigenvalue weighted by Crippen LogP contribution is -2.28. The second-order valence-electron chi connectivity index (χ2n) is 6.82. The van der Waals surface area contributed by atoms with Crippen LogP contribution in [0, 0.1) is 6.92 Å². The Morgan fingerprint density at radius 3 is 2.38 bits per heavy atom. The van der Waals surface area contributed by atoms with E-state index in [0.29, 0.717) is 0 Å². The summed E-state index contributed by atoms with van der Waals surface area (Å²) in [6.07, 6.45) is 4.73. The number of fused-ring (bicyclic) bond motifs is 1. The minimum Gasteiger partial charge on any atom is -0.212 e. The van der Waals surface area contributed by atoms with Gasteiger partial charge >= 0.3 is 0 Å². The van der Waals surface area contributed by atoms with Gasteiger partial charge in [-0.3, -0.25) is 0 Å². The van der Waals surface area contributed by atoms with Gasteiger partial charge in [-0.05, 0) is 61.8 Å². The van der Waals surface area contributed by atoms with Crippen LogP contribution in [0.25, 0.3) is 0 Å². The van der Waals surface area contributed by atoms with Gasteiger partial charge < -0.3 is 0 Å². The Morgan fingerprint density at radius 1 is 1.00 bits per heavy atom. The fraction of sp³-hybridized carbons (Fsp3) is 0.400. The van der Waals surface area contributed by atoms with Gasteiger partial charge in [0.2, 0.25) is 10.0 Å². The van der Waals surface area contributed by atoms with Crippen LogP contribution in [0.4, 0.5) is 0 Å². The van der Waals surface area contributed by atoms with Crippen LogP contribution in [0.1, 0.15) is 53.6 Å². The molecule has 1 N–H and O–H groups in total. The summed E-state index contributed by atoms with van der Waals surface area (Å²) in [5.41, 5.74) is 5.78. The topological polar surface area (TPSA) is 46.2 Å². The number of hydrogen-bond donors (Lipinski definition) is 1. The number of rotatable bonds is 5. The first-order chi connectivity index (χ1) is 11.4. The molecule has 0 bridgehead atoms. The van der Waals surface area contributed by atoms with Crippen molar-refractivity contribution < 1.29 is 8.42 Å². The second kappa shape index (κ2) is 7.08. The molecule has 1 aliphatic rings. The summed E-state index contributed by atoms with van der Waals surface area (Å²) >= 11 is 0. The van der Waals surface area contributed by atoms with E-state index in [9.17, 15) is 8.42 Å². The van der Waals surface area contributed by atoms with E-state index in [4.69, 9.17) is 0 Å². The third kappa shape index (κ3) is 4.25. The van der Waals surface area contributed by atoms with Crippen LogP contribution in [-0.4, -0.2) is 8.42 Å². The number of aryl methyl sites for hydroxylation is 3. The Balaban J connectivity index is 1.71. The Hall–Kier alpha value is -1.65. The first kappa shape index (κ1) is 17.2. The molecule has 1 aliphatic carbocycles. The Morgan fingerprint density at radius 2 is 1.67 bits per heavy atom. The molecule has 0 amide bonds. The molecule has 0 saturated heterocycles. The molecule has 0 radical (unpaired) electrons. The van der Waals surface area contributed by atoms with Gasteiger partial charge in [-0.1, -0.05) is 48.0 Å². The summed E-state index contributed by atoms with van der Waals surface area (Å²) < 4.78 is 27.7. The largest absolute Gasteiger partial charge is 0.216 e. The van der Waals surface area contributed by atoms with Crippen LogP contribution in [-0.2, 0) is 28.6 Å². The Labute approximate surface area is 145 Å². The Kier molecular flexibility index (Phi) is 5.07. The predicted molar refractivity (Wildman–Crippen MR) is 98.4 cm³/mol. The zero-order chi connectivity index (χ0) is 17.2. The maximum absolute atomic E-state index is 12.4. The van der Waals surface area contributed by atoms with Gasteiger partial charge in [-0.2, -0.15) is 0 Å². The molecule has 4 heteroatoms. The first-order valence-electron chi connectivity index (χ1n) is 8.60. The molecule has 1 atom stereocenters. The van der Waals surface area contributed by atoms with Gasteiger partial charge in [0.05, 0.1) is 5.75 Å². The molecular formula is C20H25NO2S. The van der Waals surface area contributed by atoms with Crippen LogP contribution in [0.15, 0.2) is 42.5 Å². The summed E-state index contributed by atoms with van der Waals surface area (Å²) in [6, 6.07) is 13.8. The highest BCUT2D eigenvalue weighted by molar-refractivity contribution is 7.88. The first-order valence-corrected chi connectivity index (χ1v) is 10.3. The molecule has 0 saturated carbocycles. The molecule has 0 fully saturated rings. The molecule has 3 nitrogen and oxygen atoms in total. The number of hydrogen-bond acceptors (Lipinski definition) is 2. The van der Waals surface area contributed by atoms with E-state index in [1.54, 1.807) is 0 Å². The molecule has 2 aromatic carbocycles. The van der Waals surface area contributed by atoms with E-state index in [1.807, 2.05) is 38.1 Å². The SMILES string of the molecule is Cc1ccc(CS(=O)(=O)N[C@@H](C)c2ccc3c(c2)CCCC3)cc1. The van der Waals surface area contributed by atoms with Crippen LogP contribution in [0.2, 0.25) is 0 Å². The maximum Gasteiger partial charge on any atom is 0.216 e. The molecule has 0 unspecified atom stereocenters. The zero-order valence-electron chi connectivity index (χ0n) is 14.4. The highest BCUT2D eigenvalue weighted by Crippen LogP contribution is 2.25. The fourth-order valence-corrected chi connectivity index (χ4v) is 4.69. The van der Waals surface area contributed by atoms with Crippen LogP contribution in [0.3, 0.4) is 0 Å². The van der Waals surface area contributed by atoms with Gasteiger partial charge in [-0.25, -0.2) is 13.1 Å². The normalized spacial score (nSPS) is 15.8. The van der Waals surface area contributed by atoms with Gasteiger partial charge in [-0.15, -0.1) is 0 Å². The van der Waals surface area contributed by atoms with Gasteiger partial charge in [0, 0.05) is 6.04 Å². The number of sulfonamides is 1. The Bertz CT molecular complexity index is 810. The number of nitrogens with one attached hydrogen (secondary N) is 1. The summed E-state index contributed by atoms with van der Waals surface area (Å²) in [5, 5.41) is 0. The third-order valence-electron chi connectivity index (χ3n) is 4.71. The molecule has 0 heterocycles. The van der Waals surface area contributed by atoms with Crippen molar-refractivity contribution in [2.45, 2.75) is 51.3 Å². The standard InChI is InChI=1S/C20H25NO2S/c1-15-7-9-17(10-8-15)14-24(22,23)21-16(2)19-12-11-18-5-3-4-6-20(18)13-19/h7-13,16,21H,3-6,14H2,1-2H3/t16-/m0/s1. The minimum atomic E-state index is -3.37. The molecule has 128 valence electrons. The number of benzene rings is 2. The van der Waals surface area contributed by atoms with Crippen molar-refractivity contribution >= 4 is 10.0 Å². The molecule has 0 aliphatic heterocycles. The molecule has 0 spiro atoms. The highest BCUT2D eigenvalue weighted by Gasteiger charge is 2.18. The second-order valence-corrected chi connectivity index (χ2v) is 8.57. The van der Waals surface area contributed by atoms with Crippen LogP contribution < -0.4 is 4.72 Å². The van der Waals surface area contributed by atoms with E-state index in [2.05, 4.69) is 22.9 Å².